The molecule has 1 fully saturated rings. The van der Waals surface area contributed by atoms with Gasteiger partial charge in [-0.2, -0.15) is 5.26 Å². The van der Waals surface area contributed by atoms with Crippen LogP contribution in [0.1, 0.15) is 20.3 Å². The van der Waals surface area contributed by atoms with Gasteiger partial charge in [-0.15, -0.1) is 0 Å². The second kappa shape index (κ2) is 4.05. The van der Waals surface area contributed by atoms with Gasteiger partial charge in [-0.1, -0.05) is 0 Å². The van der Waals surface area contributed by atoms with E-state index in [1.807, 2.05) is 0 Å². The van der Waals surface area contributed by atoms with E-state index in [0.717, 1.165) is 0 Å². The Bertz CT molecular complexity index is 203. The van der Waals surface area contributed by atoms with Crippen LogP contribution in [-0.4, -0.2) is 36.1 Å². The summed E-state index contributed by atoms with van der Waals surface area (Å²) in [5.41, 5.74) is -0.837. The topological polar surface area (TPSA) is 62.5 Å². The van der Waals surface area contributed by atoms with Crippen molar-refractivity contribution in [3.8, 4) is 6.07 Å². The molecule has 1 aliphatic rings. The molecule has 0 saturated carbocycles. The molecule has 0 amide bonds. The third kappa shape index (κ3) is 2.41. The molecule has 1 saturated heterocycles. The summed E-state index contributed by atoms with van der Waals surface area (Å²) in [6.07, 6.45) is -0.312. The molecular weight excluding hydrogens is 170 g/mol. The summed E-state index contributed by atoms with van der Waals surface area (Å²) in [5.74, 6) is 0. The molecule has 1 aliphatic heterocycles. The molecule has 0 aromatic carbocycles. The second-order valence-corrected chi connectivity index (χ2v) is 3.47. The van der Waals surface area contributed by atoms with Crippen molar-refractivity contribution in [1.29, 1.82) is 5.26 Å². The van der Waals surface area contributed by atoms with Gasteiger partial charge in [0, 0.05) is 6.42 Å². The van der Waals surface area contributed by atoms with E-state index in [0.29, 0.717) is 19.6 Å². The summed E-state index contributed by atoms with van der Waals surface area (Å²) < 4.78 is 10.6. The minimum atomic E-state index is -0.837. The highest BCUT2D eigenvalue weighted by Crippen LogP contribution is 2.24. The van der Waals surface area contributed by atoms with Gasteiger partial charge in [0.05, 0.1) is 25.4 Å². The molecule has 0 bridgehead atoms. The average Bonchev–Trinajstić information content (AvgIpc) is 2.54. The molecule has 4 heteroatoms. The van der Waals surface area contributed by atoms with Crippen molar-refractivity contribution in [1.82, 2.24) is 0 Å². The minimum absolute atomic E-state index is 0.306. The van der Waals surface area contributed by atoms with Crippen molar-refractivity contribution in [3.63, 3.8) is 0 Å². The highest BCUT2D eigenvalue weighted by molar-refractivity contribution is 5.05. The van der Waals surface area contributed by atoms with E-state index < -0.39 is 11.7 Å². The third-order valence-electron chi connectivity index (χ3n) is 2.28. The van der Waals surface area contributed by atoms with E-state index in [1.54, 1.807) is 13.8 Å². The van der Waals surface area contributed by atoms with Gasteiger partial charge in [0.15, 0.2) is 5.60 Å². The van der Waals surface area contributed by atoms with Gasteiger partial charge in [0.25, 0.3) is 0 Å². The first-order chi connectivity index (χ1) is 6.09. The Labute approximate surface area is 78.1 Å². The first-order valence-electron chi connectivity index (χ1n) is 4.44. The van der Waals surface area contributed by atoms with Crippen molar-refractivity contribution in [2.45, 2.75) is 38.1 Å². The van der Waals surface area contributed by atoms with Crippen LogP contribution in [0, 0.1) is 11.3 Å². The van der Waals surface area contributed by atoms with Gasteiger partial charge < -0.3 is 14.6 Å². The Morgan fingerprint density at radius 3 is 2.69 bits per heavy atom. The zero-order chi connectivity index (χ0) is 9.90. The van der Waals surface area contributed by atoms with Crippen LogP contribution in [0.15, 0.2) is 0 Å². The van der Waals surface area contributed by atoms with E-state index in [2.05, 4.69) is 6.07 Å². The fourth-order valence-electron chi connectivity index (χ4n) is 1.21. The van der Waals surface area contributed by atoms with Crippen LogP contribution in [0.4, 0.5) is 0 Å². The fraction of sp³-hybridized carbons (Fsp3) is 0.889. The van der Waals surface area contributed by atoms with Gasteiger partial charge in [0.1, 0.15) is 6.07 Å². The van der Waals surface area contributed by atoms with Crippen LogP contribution < -0.4 is 0 Å². The Hall–Kier alpha value is -0.630. The van der Waals surface area contributed by atoms with Crippen LogP contribution in [0.2, 0.25) is 0 Å². The highest BCUT2D eigenvalue weighted by atomic mass is 16.6. The highest BCUT2D eigenvalue weighted by Gasteiger charge is 2.38. The van der Waals surface area contributed by atoms with E-state index >= 15 is 0 Å². The second-order valence-electron chi connectivity index (χ2n) is 3.47. The quantitative estimate of drug-likeness (QED) is 0.693. The molecule has 1 N–H and O–H groups in total. The zero-order valence-electron chi connectivity index (χ0n) is 7.99. The molecule has 4 nitrogen and oxygen atoms in total. The molecule has 0 radical (unpaired) electrons. The average molecular weight is 185 g/mol. The molecule has 1 heterocycles. The van der Waals surface area contributed by atoms with Crippen molar-refractivity contribution in [3.05, 3.63) is 0 Å². The lowest BCUT2D eigenvalue weighted by atomic mass is 10.1. The Morgan fingerprint density at radius 2 is 2.31 bits per heavy atom. The number of rotatable bonds is 3. The predicted molar refractivity (Wildman–Crippen MR) is 46.0 cm³/mol. The van der Waals surface area contributed by atoms with Crippen molar-refractivity contribution in [2.24, 2.45) is 0 Å². The number of nitriles is 1. The first kappa shape index (κ1) is 10.5. The van der Waals surface area contributed by atoms with E-state index in [1.165, 1.54) is 0 Å². The summed E-state index contributed by atoms with van der Waals surface area (Å²) in [4.78, 5) is 0. The zero-order valence-corrected chi connectivity index (χ0v) is 7.99. The van der Waals surface area contributed by atoms with Gasteiger partial charge in [-0.3, -0.25) is 0 Å². The van der Waals surface area contributed by atoms with Crippen LogP contribution in [0.5, 0.6) is 0 Å². The maximum absolute atomic E-state index is 9.22. The number of ether oxygens (including phenoxy) is 2. The summed E-state index contributed by atoms with van der Waals surface area (Å²) in [5, 5.41) is 18.1. The summed E-state index contributed by atoms with van der Waals surface area (Å²) in [6.45, 7) is 4.26. The molecule has 0 aliphatic carbocycles. The van der Waals surface area contributed by atoms with Gasteiger partial charge in [-0.25, -0.2) is 0 Å². The first-order valence-corrected chi connectivity index (χ1v) is 4.44. The summed E-state index contributed by atoms with van der Waals surface area (Å²) in [6, 6.07) is 2.10. The molecule has 1 rings (SSSR count). The lowest BCUT2D eigenvalue weighted by Crippen LogP contribution is -2.38. The monoisotopic (exact) mass is 185 g/mol. The van der Waals surface area contributed by atoms with E-state index in [-0.39, 0.29) is 6.10 Å². The van der Waals surface area contributed by atoms with Crippen LogP contribution in [-0.2, 0) is 9.47 Å². The van der Waals surface area contributed by atoms with Crippen molar-refractivity contribution in [2.75, 3.05) is 13.2 Å². The molecule has 0 aromatic heterocycles. The molecule has 3 unspecified atom stereocenters. The Kier molecular flexibility index (Phi) is 3.26. The molecule has 0 aromatic rings. The Morgan fingerprint density at radius 1 is 1.62 bits per heavy atom. The molecule has 0 spiro atoms. The molecular formula is C9H15NO3. The standard InChI is InChI=1S/C9H15NO3/c1-7(11)8(2)13-9(5-10)3-4-12-6-9/h7-8,11H,3-4,6H2,1-2H3. The van der Waals surface area contributed by atoms with E-state index in [9.17, 15) is 5.11 Å². The van der Waals surface area contributed by atoms with Crippen molar-refractivity contribution >= 4 is 0 Å². The maximum Gasteiger partial charge on any atom is 0.179 e. The number of aliphatic hydroxyl groups excluding tert-OH is 1. The molecule has 13 heavy (non-hydrogen) atoms. The molecule has 3 atom stereocenters. The smallest absolute Gasteiger partial charge is 0.179 e. The number of hydrogen-bond acceptors (Lipinski definition) is 4. The summed E-state index contributed by atoms with van der Waals surface area (Å²) >= 11 is 0. The lowest BCUT2D eigenvalue weighted by Gasteiger charge is -2.25. The lowest BCUT2D eigenvalue weighted by molar-refractivity contribution is -0.0957. The van der Waals surface area contributed by atoms with Crippen LogP contribution in [0.3, 0.4) is 0 Å². The van der Waals surface area contributed by atoms with E-state index in [4.69, 9.17) is 14.7 Å². The maximum atomic E-state index is 9.22. The van der Waals surface area contributed by atoms with Crippen molar-refractivity contribution < 1.29 is 14.6 Å². The summed E-state index contributed by atoms with van der Waals surface area (Å²) in [7, 11) is 0. The molecule has 74 valence electrons. The van der Waals surface area contributed by atoms with Gasteiger partial charge >= 0.3 is 0 Å². The largest absolute Gasteiger partial charge is 0.391 e. The predicted octanol–water partition coefficient (Wildman–Crippen LogP) is 0.455. The fourth-order valence-corrected chi connectivity index (χ4v) is 1.21. The SMILES string of the molecule is CC(O)C(C)OC1(C#N)CCOC1. The van der Waals surface area contributed by atoms with Gasteiger partial charge in [-0.05, 0) is 13.8 Å². The Balaban J connectivity index is 2.54. The minimum Gasteiger partial charge on any atom is -0.391 e. The number of nitrogens with zero attached hydrogens (tertiary/aromatic N) is 1. The number of aliphatic hydroxyl groups is 1. The third-order valence-corrected chi connectivity index (χ3v) is 2.28. The normalized spacial score (nSPS) is 32.5. The van der Waals surface area contributed by atoms with Crippen LogP contribution >= 0.6 is 0 Å². The van der Waals surface area contributed by atoms with Crippen LogP contribution in [0.25, 0.3) is 0 Å². The number of hydrogen-bond donors (Lipinski definition) is 1. The van der Waals surface area contributed by atoms with Gasteiger partial charge in [0.2, 0.25) is 0 Å².